The Morgan fingerprint density at radius 2 is 2.45 bits per heavy atom. The molecular weight excluding hydrogens is 178 g/mol. The standard InChI is InChI=1S/C7H10NOS2/c1-9-7(10-2)6-3-5(8)4-11-6/h3-4H,8H2,1-2H3/q+1. The van der Waals surface area contributed by atoms with E-state index < -0.39 is 0 Å². The van der Waals surface area contributed by atoms with Gasteiger partial charge in [-0.1, -0.05) is 0 Å². The smallest absolute Gasteiger partial charge is 0.395 e. The van der Waals surface area contributed by atoms with Crippen molar-refractivity contribution in [2.24, 2.45) is 0 Å². The maximum atomic E-state index is 5.56. The number of anilines is 1. The Morgan fingerprint density at radius 3 is 2.82 bits per heavy atom. The first-order valence-electron chi connectivity index (χ1n) is 3.07. The number of nitrogen functional groups attached to an aromatic ring is 1. The van der Waals surface area contributed by atoms with Gasteiger partial charge in [0.1, 0.15) is 4.88 Å². The summed E-state index contributed by atoms with van der Waals surface area (Å²) in [6.45, 7) is 0. The van der Waals surface area contributed by atoms with Crippen molar-refractivity contribution >= 4 is 33.9 Å². The highest BCUT2D eigenvalue weighted by Gasteiger charge is 2.14. The highest BCUT2D eigenvalue weighted by molar-refractivity contribution is 8.13. The molecule has 0 aliphatic heterocycles. The summed E-state index contributed by atoms with van der Waals surface area (Å²) in [4.78, 5) is 1.09. The van der Waals surface area contributed by atoms with Crippen molar-refractivity contribution in [2.45, 2.75) is 0 Å². The lowest BCUT2D eigenvalue weighted by Crippen LogP contribution is -1.90. The minimum absolute atomic E-state index is 0.800. The van der Waals surface area contributed by atoms with Crippen LogP contribution in [0.5, 0.6) is 0 Å². The Morgan fingerprint density at radius 1 is 1.73 bits per heavy atom. The molecule has 11 heavy (non-hydrogen) atoms. The van der Waals surface area contributed by atoms with Gasteiger partial charge in [-0.15, -0.1) is 11.3 Å². The number of hydrogen-bond donors (Lipinski definition) is 1. The largest absolute Gasteiger partial charge is 0.398 e. The Labute approximate surface area is 74.1 Å². The SMILES string of the molecule is C[O+]=C(SC)c1cc(N)cs1. The molecular formula is C7H10NOS2+. The fourth-order valence-electron chi connectivity index (χ4n) is 0.742. The van der Waals surface area contributed by atoms with E-state index in [1.807, 2.05) is 17.7 Å². The summed E-state index contributed by atoms with van der Waals surface area (Å²) in [5.41, 5.74) is 6.36. The molecule has 1 heterocycles. The van der Waals surface area contributed by atoms with Gasteiger partial charge in [-0.3, -0.25) is 0 Å². The lowest BCUT2D eigenvalue weighted by molar-refractivity contribution is -0.219. The zero-order valence-electron chi connectivity index (χ0n) is 6.46. The second-order valence-electron chi connectivity index (χ2n) is 1.94. The van der Waals surface area contributed by atoms with Crippen molar-refractivity contribution in [3.05, 3.63) is 16.3 Å². The van der Waals surface area contributed by atoms with E-state index in [9.17, 15) is 0 Å². The van der Waals surface area contributed by atoms with E-state index in [4.69, 9.17) is 10.2 Å². The van der Waals surface area contributed by atoms with Crippen molar-refractivity contribution in [3.8, 4) is 0 Å². The van der Waals surface area contributed by atoms with Gasteiger partial charge in [-0.05, 0) is 24.1 Å². The fraction of sp³-hybridized carbons (Fsp3) is 0.286. The van der Waals surface area contributed by atoms with Crippen LogP contribution in [-0.4, -0.2) is 18.5 Å². The minimum Gasteiger partial charge on any atom is -0.398 e. The third kappa shape index (κ3) is 1.97. The van der Waals surface area contributed by atoms with Gasteiger partial charge in [0.05, 0.1) is 0 Å². The number of nitrogens with two attached hydrogens (primary N) is 1. The zero-order chi connectivity index (χ0) is 8.27. The summed E-state index contributed by atoms with van der Waals surface area (Å²) in [7, 11) is 1.67. The number of carbonyl (C=O) groups excluding carboxylic acids is 1. The fourth-order valence-corrected chi connectivity index (χ4v) is 2.28. The van der Waals surface area contributed by atoms with Gasteiger partial charge in [-0.2, -0.15) is 0 Å². The van der Waals surface area contributed by atoms with E-state index in [1.165, 1.54) is 0 Å². The molecule has 0 unspecified atom stereocenters. The van der Waals surface area contributed by atoms with Crippen LogP contribution in [-0.2, 0) is 0 Å². The van der Waals surface area contributed by atoms with Gasteiger partial charge in [-0.25, -0.2) is 4.42 Å². The van der Waals surface area contributed by atoms with Crippen molar-refractivity contribution in [2.75, 3.05) is 19.1 Å². The van der Waals surface area contributed by atoms with Gasteiger partial charge < -0.3 is 5.73 Å². The molecule has 1 aromatic rings. The Hall–Kier alpha value is -0.480. The number of thioether (sulfide) groups is 1. The topological polar surface area (TPSA) is 37.3 Å². The minimum atomic E-state index is 0.800. The van der Waals surface area contributed by atoms with Crippen LogP contribution in [0.4, 0.5) is 5.69 Å². The van der Waals surface area contributed by atoms with Crippen LogP contribution in [0.15, 0.2) is 11.4 Å². The van der Waals surface area contributed by atoms with Crippen LogP contribution >= 0.6 is 23.1 Å². The maximum Gasteiger partial charge on any atom is 0.395 e. The summed E-state index contributed by atoms with van der Waals surface area (Å²) in [5, 5.41) is 2.83. The second-order valence-corrected chi connectivity index (χ2v) is 3.63. The van der Waals surface area contributed by atoms with E-state index in [2.05, 4.69) is 0 Å². The predicted octanol–water partition coefficient (Wildman–Crippen LogP) is 2.00. The molecule has 60 valence electrons. The molecule has 0 aliphatic rings. The molecule has 0 fully saturated rings. The summed E-state index contributed by atoms with van der Waals surface area (Å²) in [5.74, 6) is 0. The third-order valence-electron chi connectivity index (χ3n) is 1.19. The molecule has 0 aromatic carbocycles. The first-order valence-corrected chi connectivity index (χ1v) is 5.17. The number of thiophene rings is 1. The maximum absolute atomic E-state index is 5.56. The molecule has 1 aromatic heterocycles. The van der Waals surface area contributed by atoms with Crippen LogP contribution in [0.2, 0.25) is 0 Å². The summed E-state index contributed by atoms with van der Waals surface area (Å²) in [6, 6.07) is 1.92. The lowest BCUT2D eigenvalue weighted by atomic mass is 10.4. The molecule has 2 nitrogen and oxygen atoms in total. The Bertz CT molecular complexity index is 267. The molecule has 0 saturated carbocycles. The van der Waals surface area contributed by atoms with Gasteiger partial charge in [0.25, 0.3) is 7.11 Å². The molecule has 1 rings (SSSR count). The van der Waals surface area contributed by atoms with Crippen LogP contribution in [0.3, 0.4) is 0 Å². The van der Waals surface area contributed by atoms with Gasteiger partial charge >= 0.3 is 5.12 Å². The predicted molar refractivity (Wildman–Crippen MR) is 52.5 cm³/mol. The van der Waals surface area contributed by atoms with Crippen molar-refractivity contribution < 1.29 is 4.42 Å². The molecule has 2 N–H and O–H groups in total. The van der Waals surface area contributed by atoms with Crippen LogP contribution in [0.1, 0.15) is 9.30 Å². The molecule has 0 radical (unpaired) electrons. The van der Waals surface area contributed by atoms with E-state index in [-0.39, 0.29) is 0 Å². The zero-order valence-corrected chi connectivity index (χ0v) is 8.09. The Kier molecular flexibility index (Phi) is 2.96. The molecule has 0 aliphatic carbocycles. The highest BCUT2D eigenvalue weighted by Crippen LogP contribution is 2.20. The van der Waals surface area contributed by atoms with Crippen LogP contribution in [0.25, 0.3) is 0 Å². The van der Waals surface area contributed by atoms with Gasteiger partial charge in [0.2, 0.25) is 0 Å². The average Bonchev–Trinajstić information content (AvgIpc) is 2.39. The highest BCUT2D eigenvalue weighted by atomic mass is 32.2. The number of hydrogen-bond acceptors (Lipinski definition) is 3. The van der Waals surface area contributed by atoms with E-state index >= 15 is 0 Å². The van der Waals surface area contributed by atoms with Gasteiger partial charge in [0.15, 0.2) is 0 Å². The summed E-state index contributed by atoms with van der Waals surface area (Å²) < 4.78 is 5.13. The third-order valence-corrected chi connectivity index (χ3v) is 3.03. The molecule has 0 atom stereocenters. The molecule has 0 saturated heterocycles. The second kappa shape index (κ2) is 3.78. The lowest BCUT2D eigenvalue weighted by Gasteiger charge is -1.82. The monoisotopic (exact) mass is 188 g/mol. The summed E-state index contributed by atoms with van der Waals surface area (Å²) in [6.07, 6.45) is 1.98. The molecule has 0 amide bonds. The van der Waals surface area contributed by atoms with Crippen molar-refractivity contribution in [3.63, 3.8) is 0 Å². The Balaban J connectivity index is 2.91. The number of rotatable bonds is 1. The first kappa shape index (κ1) is 8.62. The summed E-state index contributed by atoms with van der Waals surface area (Å²) >= 11 is 3.18. The molecule has 0 spiro atoms. The van der Waals surface area contributed by atoms with Crippen LogP contribution < -0.4 is 5.73 Å². The van der Waals surface area contributed by atoms with Crippen molar-refractivity contribution in [1.29, 1.82) is 0 Å². The molecule has 4 heteroatoms. The van der Waals surface area contributed by atoms with E-state index in [0.29, 0.717) is 0 Å². The van der Waals surface area contributed by atoms with Gasteiger partial charge in [0, 0.05) is 11.1 Å². The van der Waals surface area contributed by atoms with E-state index in [1.54, 1.807) is 30.2 Å². The van der Waals surface area contributed by atoms with E-state index in [0.717, 1.165) is 15.7 Å². The van der Waals surface area contributed by atoms with Crippen molar-refractivity contribution in [1.82, 2.24) is 0 Å². The first-order chi connectivity index (χ1) is 5.27. The molecule has 0 bridgehead atoms. The normalized spacial score (nSPS) is 12.0. The van der Waals surface area contributed by atoms with Crippen LogP contribution in [0, 0.1) is 0 Å². The average molecular weight is 188 g/mol. The quantitative estimate of drug-likeness (QED) is 0.684.